The molecule has 10 nitrogen and oxygen atoms in total. The molecule has 1 atom stereocenters. The summed E-state index contributed by atoms with van der Waals surface area (Å²) in [6.45, 7) is 6.92. The molecule has 2 saturated heterocycles. The Morgan fingerprint density at radius 3 is 2.12 bits per heavy atom. The second-order valence-corrected chi connectivity index (χ2v) is 8.07. The molecule has 0 unspecified atom stereocenters. The number of carbonyl (C=O) groups is 2. The van der Waals surface area contributed by atoms with Crippen molar-refractivity contribution in [3.05, 3.63) is 58.5 Å². The molecule has 3 heterocycles. The van der Waals surface area contributed by atoms with Crippen molar-refractivity contribution in [1.82, 2.24) is 14.7 Å². The normalized spacial score (nSPS) is 18.5. The van der Waals surface area contributed by atoms with E-state index in [0.29, 0.717) is 31.9 Å². The summed E-state index contributed by atoms with van der Waals surface area (Å²) in [7, 11) is 0. The highest BCUT2D eigenvalue weighted by molar-refractivity contribution is 5.91. The molecule has 2 aliphatic heterocycles. The summed E-state index contributed by atoms with van der Waals surface area (Å²) in [4.78, 5) is 43.8. The van der Waals surface area contributed by atoms with Gasteiger partial charge in [-0.2, -0.15) is 0 Å². The van der Waals surface area contributed by atoms with E-state index in [1.807, 2.05) is 11.8 Å². The smallest absolute Gasteiger partial charge is 0.289 e. The van der Waals surface area contributed by atoms with Crippen molar-refractivity contribution >= 4 is 23.2 Å². The van der Waals surface area contributed by atoms with Crippen LogP contribution in [0.1, 0.15) is 17.5 Å². The number of amides is 2. The van der Waals surface area contributed by atoms with Crippen LogP contribution in [0.15, 0.2) is 47.1 Å². The molecule has 170 valence electrons. The van der Waals surface area contributed by atoms with Gasteiger partial charge in [0.2, 0.25) is 5.91 Å². The maximum absolute atomic E-state index is 13.0. The van der Waals surface area contributed by atoms with Crippen LogP contribution in [-0.4, -0.2) is 89.8 Å². The van der Waals surface area contributed by atoms with Crippen LogP contribution in [0.5, 0.6) is 0 Å². The van der Waals surface area contributed by atoms with E-state index in [9.17, 15) is 19.7 Å². The number of anilines is 1. The second kappa shape index (κ2) is 9.39. The van der Waals surface area contributed by atoms with Gasteiger partial charge < -0.3 is 19.1 Å². The third kappa shape index (κ3) is 4.59. The first-order valence-electron chi connectivity index (χ1n) is 10.8. The third-order valence-electron chi connectivity index (χ3n) is 6.26. The summed E-state index contributed by atoms with van der Waals surface area (Å²) in [6.07, 6.45) is 1.48. The lowest BCUT2D eigenvalue weighted by molar-refractivity contribution is -0.384. The van der Waals surface area contributed by atoms with Crippen molar-refractivity contribution in [1.29, 1.82) is 0 Å². The van der Waals surface area contributed by atoms with Crippen LogP contribution >= 0.6 is 0 Å². The van der Waals surface area contributed by atoms with E-state index in [1.165, 1.54) is 18.4 Å². The van der Waals surface area contributed by atoms with Crippen LogP contribution in [0.25, 0.3) is 0 Å². The van der Waals surface area contributed by atoms with Gasteiger partial charge in [-0.15, -0.1) is 0 Å². The number of non-ortho nitro benzene ring substituents is 1. The third-order valence-corrected chi connectivity index (χ3v) is 6.26. The van der Waals surface area contributed by atoms with Crippen LogP contribution in [0.3, 0.4) is 0 Å². The summed E-state index contributed by atoms with van der Waals surface area (Å²) in [5.41, 5.74) is 1.03. The fourth-order valence-corrected chi connectivity index (χ4v) is 4.26. The fraction of sp³-hybridized carbons (Fsp3) is 0.455. The minimum Gasteiger partial charge on any atom is -0.459 e. The van der Waals surface area contributed by atoms with E-state index in [4.69, 9.17) is 4.42 Å². The summed E-state index contributed by atoms with van der Waals surface area (Å²) in [6, 6.07) is 9.68. The number of carbonyl (C=O) groups excluding carboxylic acids is 2. The van der Waals surface area contributed by atoms with Gasteiger partial charge in [-0.25, -0.2) is 0 Å². The Balaban J connectivity index is 1.26. The number of hydrogen-bond donors (Lipinski definition) is 0. The van der Waals surface area contributed by atoms with Crippen molar-refractivity contribution in [2.45, 2.75) is 13.0 Å². The molecule has 32 heavy (non-hydrogen) atoms. The number of nitrogens with zero attached hydrogens (tertiary/aromatic N) is 5. The largest absolute Gasteiger partial charge is 0.459 e. The molecule has 1 aromatic carbocycles. The van der Waals surface area contributed by atoms with Crippen molar-refractivity contribution < 1.29 is 18.9 Å². The minimum absolute atomic E-state index is 0.0811. The van der Waals surface area contributed by atoms with Gasteiger partial charge in [0.1, 0.15) is 0 Å². The van der Waals surface area contributed by atoms with E-state index in [-0.39, 0.29) is 23.5 Å². The topological polar surface area (TPSA) is 103 Å². The monoisotopic (exact) mass is 441 g/mol. The Labute approximate surface area is 186 Å². The molecule has 0 bridgehead atoms. The number of benzene rings is 1. The van der Waals surface area contributed by atoms with Gasteiger partial charge in [0.05, 0.1) is 17.2 Å². The zero-order valence-corrected chi connectivity index (χ0v) is 18.1. The van der Waals surface area contributed by atoms with Crippen LogP contribution in [0, 0.1) is 10.1 Å². The maximum atomic E-state index is 13.0. The van der Waals surface area contributed by atoms with Crippen molar-refractivity contribution in [3.63, 3.8) is 0 Å². The summed E-state index contributed by atoms with van der Waals surface area (Å²) < 4.78 is 5.18. The first-order chi connectivity index (χ1) is 15.4. The molecule has 0 saturated carbocycles. The molecule has 10 heteroatoms. The quantitative estimate of drug-likeness (QED) is 0.514. The van der Waals surface area contributed by atoms with E-state index in [1.54, 1.807) is 29.2 Å². The van der Waals surface area contributed by atoms with Gasteiger partial charge in [-0.05, 0) is 31.2 Å². The van der Waals surface area contributed by atoms with Gasteiger partial charge >= 0.3 is 0 Å². The molecule has 0 radical (unpaired) electrons. The second-order valence-electron chi connectivity index (χ2n) is 8.07. The molecule has 2 aromatic rings. The molecule has 0 spiro atoms. The minimum atomic E-state index is -0.401. The first-order valence-corrected chi connectivity index (χ1v) is 10.8. The van der Waals surface area contributed by atoms with E-state index >= 15 is 0 Å². The molecule has 2 amide bonds. The standard InChI is InChI=1S/C22H27N5O5/c1-17(21(28)25-12-14-26(15-13-25)22(29)20-3-2-16-32-20)23-8-10-24(11-9-23)18-4-6-19(7-5-18)27(30)31/h2-7,16-17H,8-15H2,1H3/t17-/m0/s1. The highest BCUT2D eigenvalue weighted by Gasteiger charge is 2.32. The van der Waals surface area contributed by atoms with Crippen LogP contribution in [0.4, 0.5) is 11.4 Å². The maximum Gasteiger partial charge on any atom is 0.289 e. The highest BCUT2D eigenvalue weighted by atomic mass is 16.6. The van der Waals surface area contributed by atoms with Gasteiger partial charge in [-0.3, -0.25) is 24.6 Å². The SMILES string of the molecule is C[C@@H](C(=O)N1CCN(C(=O)c2ccco2)CC1)N1CCN(c2ccc([N+](=O)[O-])cc2)CC1. The van der Waals surface area contributed by atoms with Crippen LogP contribution in [0.2, 0.25) is 0 Å². The molecule has 2 fully saturated rings. The molecular weight excluding hydrogens is 414 g/mol. The van der Waals surface area contributed by atoms with Crippen LogP contribution in [-0.2, 0) is 4.79 Å². The van der Waals surface area contributed by atoms with E-state index < -0.39 is 4.92 Å². The zero-order valence-electron chi connectivity index (χ0n) is 18.1. The molecule has 2 aliphatic rings. The van der Waals surface area contributed by atoms with Crippen molar-refractivity contribution in [2.24, 2.45) is 0 Å². The van der Waals surface area contributed by atoms with Gasteiger partial charge in [0, 0.05) is 70.2 Å². The molecular formula is C22H27N5O5. The van der Waals surface area contributed by atoms with Gasteiger partial charge in [-0.1, -0.05) is 0 Å². The predicted octanol–water partition coefficient (Wildman–Crippen LogP) is 1.68. The molecule has 4 rings (SSSR count). The Hall–Kier alpha value is -3.40. The molecule has 0 aliphatic carbocycles. The summed E-state index contributed by atoms with van der Waals surface area (Å²) >= 11 is 0. The van der Waals surface area contributed by atoms with Gasteiger partial charge in [0.25, 0.3) is 11.6 Å². The Kier molecular flexibility index (Phi) is 6.40. The van der Waals surface area contributed by atoms with Crippen LogP contribution < -0.4 is 4.90 Å². The van der Waals surface area contributed by atoms with Crippen molar-refractivity contribution in [3.8, 4) is 0 Å². The Morgan fingerprint density at radius 1 is 0.938 bits per heavy atom. The Morgan fingerprint density at radius 2 is 1.56 bits per heavy atom. The number of hydrogen-bond acceptors (Lipinski definition) is 7. The predicted molar refractivity (Wildman–Crippen MR) is 118 cm³/mol. The fourth-order valence-electron chi connectivity index (χ4n) is 4.26. The Bertz CT molecular complexity index is 946. The first kappa shape index (κ1) is 21.8. The molecule has 0 N–H and O–H groups in total. The average molecular weight is 441 g/mol. The number of piperazine rings is 2. The van der Waals surface area contributed by atoms with Crippen molar-refractivity contribution in [2.75, 3.05) is 57.3 Å². The number of nitro benzene ring substituents is 1. The average Bonchev–Trinajstić information content (AvgIpc) is 3.38. The highest BCUT2D eigenvalue weighted by Crippen LogP contribution is 2.21. The summed E-state index contributed by atoms with van der Waals surface area (Å²) in [5.74, 6) is 0.264. The van der Waals surface area contributed by atoms with E-state index in [2.05, 4.69) is 9.80 Å². The summed E-state index contributed by atoms with van der Waals surface area (Å²) in [5, 5.41) is 10.8. The lowest BCUT2D eigenvalue weighted by atomic mass is 10.1. The molecule has 1 aromatic heterocycles. The van der Waals surface area contributed by atoms with E-state index in [0.717, 1.165) is 31.9 Å². The number of furan rings is 1. The lowest BCUT2D eigenvalue weighted by Gasteiger charge is -2.41. The lowest BCUT2D eigenvalue weighted by Crippen LogP contribution is -2.58. The van der Waals surface area contributed by atoms with Gasteiger partial charge in [0.15, 0.2) is 5.76 Å². The number of rotatable bonds is 5. The zero-order chi connectivity index (χ0) is 22.7. The number of nitro groups is 1.